The van der Waals surface area contributed by atoms with E-state index in [1.165, 1.54) is 6.21 Å². The average molecular weight is 527 g/mol. The molecule has 0 bridgehead atoms. The Hall–Kier alpha value is -3.62. The highest BCUT2D eigenvalue weighted by Crippen LogP contribution is 2.31. The van der Waals surface area contributed by atoms with Crippen LogP contribution in [0.15, 0.2) is 82.0 Å². The summed E-state index contributed by atoms with van der Waals surface area (Å²) in [5.41, 5.74) is 4.25. The quantitative estimate of drug-likeness (QED) is 0.276. The molecule has 0 atom stereocenters. The number of nitrogens with one attached hydrogen (secondary N) is 2. The van der Waals surface area contributed by atoms with E-state index in [9.17, 15) is 9.59 Å². The Morgan fingerprint density at radius 1 is 0.939 bits per heavy atom. The molecule has 2 amide bonds. The number of benzene rings is 3. The Morgan fingerprint density at radius 2 is 1.64 bits per heavy atom. The monoisotopic (exact) mass is 525 g/mol. The van der Waals surface area contributed by atoms with Crippen LogP contribution in [0.25, 0.3) is 6.08 Å². The van der Waals surface area contributed by atoms with Crippen molar-refractivity contribution in [2.75, 3.05) is 6.79 Å². The highest BCUT2D eigenvalue weighted by atomic mass is 79.9. The van der Waals surface area contributed by atoms with Crippen molar-refractivity contribution in [3.05, 3.63) is 98.6 Å². The van der Waals surface area contributed by atoms with Crippen LogP contribution in [0.1, 0.15) is 21.5 Å². The number of nitrogens with zero attached hydrogens (tertiary/aromatic N) is 1. The number of hydrogen-bond donors (Lipinski definition) is 2. The molecule has 0 aliphatic carbocycles. The van der Waals surface area contributed by atoms with Crippen LogP contribution in [-0.4, -0.2) is 24.8 Å². The summed E-state index contributed by atoms with van der Waals surface area (Å²) >= 11 is 9.27. The maximum atomic E-state index is 12.8. The standard InChI is InChI=1S/C24H17BrClN3O4/c25-18-6-4-17(5-7-18)23(30)28-20(11-15-1-8-19(26)9-2-15)24(31)29-27-13-16-3-10-21-22(12-16)33-14-32-21/h1-13H,14H2,(H,28,30)(H,29,31)/b20-11-,27-13-. The number of fused-ring (bicyclic) bond motifs is 1. The van der Waals surface area contributed by atoms with Crippen molar-refractivity contribution in [1.29, 1.82) is 0 Å². The molecule has 0 saturated heterocycles. The van der Waals surface area contributed by atoms with Crippen molar-refractivity contribution >= 4 is 51.6 Å². The second-order valence-electron chi connectivity index (χ2n) is 6.88. The first-order valence-electron chi connectivity index (χ1n) is 9.75. The van der Waals surface area contributed by atoms with E-state index in [0.29, 0.717) is 33.2 Å². The van der Waals surface area contributed by atoms with Crippen LogP contribution in [-0.2, 0) is 4.79 Å². The molecule has 4 rings (SSSR count). The summed E-state index contributed by atoms with van der Waals surface area (Å²) in [6.45, 7) is 0.170. The second kappa shape index (κ2) is 10.3. The van der Waals surface area contributed by atoms with E-state index in [2.05, 4.69) is 31.8 Å². The molecule has 0 spiro atoms. The third-order valence-corrected chi connectivity index (χ3v) is 5.34. The maximum absolute atomic E-state index is 12.8. The van der Waals surface area contributed by atoms with E-state index in [1.54, 1.807) is 72.8 Å². The molecule has 33 heavy (non-hydrogen) atoms. The predicted octanol–water partition coefficient (Wildman–Crippen LogP) is 4.75. The Balaban J connectivity index is 1.51. The summed E-state index contributed by atoms with van der Waals surface area (Å²) < 4.78 is 11.4. The van der Waals surface area contributed by atoms with Gasteiger partial charge in [-0.05, 0) is 71.8 Å². The lowest BCUT2D eigenvalue weighted by Gasteiger charge is -2.09. The Bertz CT molecular complexity index is 1240. The number of ether oxygens (including phenoxy) is 2. The lowest BCUT2D eigenvalue weighted by atomic mass is 10.1. The molecule has 166 valence electrons. The first kappa shape index (κ1) is 22.6. The fraction of sp³-hybridized carbons (Fsp3) is 0.0417. The lowest BCUT2D eigenvalue weighted by molar-refractivity contribution is -0.117. The van der Waals surface area contributed by atoms with Crippen LogP contribution in [0.2, 0.25) is 5.02 Å². The first-order valence-corrected chi connectivity index (χ1v) is 10.9. The Morgan fingerprint density at radius 3 is 2.39 bits per heavy atom. The van der Waals surface area contributed by atoms with Gasteiger partial charge in [0, 0.05) is 15.1 Å². The molecule has 1 aliphatic heterocycles. The Kier molecular flexibility index (Phi) is 7.07. The van der Waals surface area contributed by atoms with Gasteiger partial charge < -0.3 is 14.8 Å². The highest BCUT2D eigenvalue weighted by molar-refractivity contribution is 9.10. The molecule has 9 heteroatoms. The summed E-state index contributed by atoms with van der Waals surface area (Å²) in [6, 6.07) is 18.9. The van der Waals surface area contributed by atoms with Gasteiger partial charge in [-0.25, -0.2) is 5.43 Å². The molecule has 0 aromatic heterocycles. The number of hydrogen-bond acceptors (Lipinski definition) is 5. The van der Waals surface area contributed by atoms with Crippen LogP contribution < -0.4 is 20.2 Å². The van der Waals surface area contributed by atoms with E-state index in [1.807, 2.05) is 0 Å². The van der Waals surface area contributed by atoms with Gasteiger partial charge in [-0.2, -0.15) is 5.10 Å². The lowest BCUT2D eigenvalue weighted by Crippen LogP contribution is -2.32. The molecule has 0 radical (unpaired) electrons. The fourth-order valence-corrected chi connectivity index (χ4v) is 3.29. The zero-order valence-electron chi connectivity index (χ0n) is 17.0. The van der Waals surface area contributed by atoms with Gasteiger partial charge in [-0.15, -0.1) is 0 Å². The Labute approximate surface area is 203 Å². The number of hydrazone groups is 1. The molecule has 3 aromatic carbocycles. The minimum Gasteiger partial charge on any atom is -0.454 e. The molecule has 0 saturated carbocycles. The number of amides is 2. The van der Waals surface area contributed by atoms with Crippen molar-refractivity contribution in [2.24, 2.45) is 5.10 Å². The minimum absolute atomic E-state index is 0.0214. The van der Waals surface area contributed by atoms with E-state index >= 15 is 0 Å². The van der Waals surface area contributed by atoms with Gasteiger partial charge in [-0.1, -0.05) is 39.7 Å². The predicted molar refractivity (Wildman–Crippen MR) is 129 cm³/mol. The zero-order chi connectivity index (χ0) is 23.2. The average Bonchev–Trinajstić information content (AvgIpc) is 3.28. The maximum Gasteiger partial charge on any atom is 0.287 e. The number of rotatable bonds is 6. The van der Waals surface area contributed by atoms with Gasteiger partial charge in [-0.3, -0.25) is 9.59 Å². The summed E-state index contributed by atoms with van der Waals surface area (Å²) in [5, 5.41) is 7.21. The smallest absolute Gasteiger partial charge is 0.287 e. The van der Waals surface area contributed by atoms with Crippen molar-refractivity contribution in [1.82, 2.24) is 10.7 Å². The second-order valence-corrected chi connectivity index (χ2v) is 8.23. The molecule has 0 unspecified atom stereocenters. The van der Waals surface area contributed by atoms with Crippen LogP contribution in [0.5, 0.6) is 11.5 Å². The van der Waals surface area contributed by atoms with Crippen molar-refractivity contribution < 1.29 is 19.1 Å². The van der Waals surface area contributed by atoms with Crippen LogP contribution in [0.3, 0.4) is 0 Å². The number of halogens is 2. The molecule has 7 nitrogen and oxygen atoms in total. The fourth-order valence-electron chi connectivity index (χ4n) is 2.90. The van der Waals surface area contributed by atoms with E-state index in [4.69, 9.17) is 21.1 Å². The van der Waals surface area contributed by atoms with E-state index in [-0.39, 0.29) is 12.5 Å². The zero-order valence-corrected chi connectivity index (χ0v) is 19.4. The van der Waals surface area contributed by atoms with Gasteiger partial charge >= 0.3 is 0 Å². The summed E-state index contributed by atoms with van der Waals surface area (Å²) in [5.74, 6) is 0.236. The molecular weight excluding hydrogens is 510 g/mol. The molecular formula is C24H17BrClN3O4. The summed E-state index contributed by atoms with van der Waals surface area (Å²) in [7, 11) is 0. The largest absolute Gasteiger partial charge is 0.454 e. The van der Waals surface area contributed by atoms with Crippen molar-refractivity contribution in [3.63, 3.8) is 0 Å². The van der Waals surface area contributed by atoms with Gasteiger partial charge in [0.1, 0.15) is 5.70 Å². The first-order chi connectivity index (χ1) is 16.0. The third kappa shape index (κ3) is 6.00. The van der Waals surface area contributed by atoms with Crippen molar-refractivity contribution in [3.8, 4) is 11.5 Å². The minimum atomic E-state index is -0.590. The van der Waals surface area contributed by atoms with E-state index in [0.717, 1.165) is 4.47 Å². The molecule has 2 N–H and O–H groups in total. The van der Waals surface area contributed by atoms with Gasteiger partial charge in [0.25, 0.3) is 11.8 Å². The molecule has 1 heterocycles. The summed E-state index contributed by atoms with van der Waals surface area (Å²) in [4.78, 5) is 25.5. The normalized spacial score (nSPS) is 12.6. The van der Waals surface area contributed by atoms with Gasteiger partial charge in [0.15, 0.2) is 11.5 Å². The van der Waals surface area contributed by atoms with Gasteiger partial charge in [0.2, 0.25) is 6.79 Å². The number of carbonyl (C=O) groups excluding carboxylic acids is 2. The number of carbonyl (C=O) groups is 2. The van der Waals surface area contributed by atoms with Crippen LogP contribution >= 0.6 is 27.5 Å². The molecule has 0 fully saturated rings. The third-order valence-electron chi connectivity index (χ3n) is 4.56. The van der Waals surface area contributed by atoms with Crippen LogP contribution in [0, 0.1) is 0 Å². The molecule has 3 aromatic rings. The highest BCUT2D eigenvalue weighted by Gasteiger charge is 2.15. The molecule has 1 aliphatic rings. The van der Waals surface area contributed by atoms with E-state index < -0.39 is 11.8 Å². The SMILES string of the molecule is O=C(N/N=C\c1ccc2c(c1)OCO2)/C(=C/c1ccc(Cl)cc1)NC(=O)c1ccc(Br)cc1. The van der Waals surface area contributed by atoms with Crippen molar-refractivity contribution in [2.45, 2.75) is 0 Å². The topological polar surface area (TPSA) is 89.0 Å². The van der Waals surface area contributed by atoms with Gasteiger partial charge in [0.05, 0.1) is 6.21 Å². The summed E-state index contributed by atoms with van der Waals surface area (Å²) in [6.07, 6.45) is 3.01. The van der Waals surface area contributed by atoms with Crippen LogP contribution in [0.4, 0.5) is 0 Å².